The number of alkyl halides is 1. The lowest BCUT2D eigenvalue weighted by molar-refractivity contribution is 0.337. The van der Waals surface area contributed by atoms with Crippen LogP contribution in [0.4, 0.5) is 4.39 Å². The third-order valence-corrected chi connectivity index (χ3v) is 2.38. The zero-order chi connectivity index (χ0) is 9.19. The van der Waals surface area contributed by atoms with Crippen molar-refractivity contribution in [1.29, 1.82) is 0 Å². The van der Waals surface area contributed by atoms with Crippen molar-refractivity contribution >= 4 is 10.1 Å². The van der Waals surface area contributed by atoms with Gasteiger partial charge in [-0.1, -0.05) is 0 Å². The van der Waals surface area contributed by atoms with Gasteiger partial charge in [-0.25, -0.2) is 4.39 Å². The average Bonchev–Trinajstić information content (AvgIpc) is 2.61. The lowest BCUT2D eigenvalue weighted by Gasteiger charge is -2.06. The molecule has 0 radical (unpaired) electrons. The van der Waals surface area contributed by atoms with Crippen molar-refractivity contribution in [3.63, 3.8) is 0 Å². The molecule has 1 aliphatic carbocycles. The van der Waals surface area contributed by atoms with E-state index in [1.165, 1.54) is 0 Å². The van der Waals surface area contributed by atoms with Gasteiger partial charge in [0.05, 0.1) is 0 Å². The maximum absolute atomic E-state index is 12.7. The second kappa shape index (κ2) is 3.68. The molecular formula is C6H12FNO3S. The van der Waals surface area contributed by atoms with Gasteiger partial charge in [0.25, 0.3) is 10.1 Å². The fourth-order valence-electron chi connectivity index (χ4n) is 0.869. The van der Waals surface area contributed by atoms with Crippen molar-refractivity contribution < 1.29 is 17.4 Å². The topological polar surface area (TPSA) is 66.4 Å². The summed E-state index contributed by atoms with van der Waals surface area (Å²) in [6.45, 7) is 0.00442. The monoisotopic (exact) mass is 197 g/mol. The highest BCUT2D eigenvalue weighted by Gasteiger charge is 2.23. The summed E-state index contributed by atoms with van der Waals surface area (Å²) in [5.74, 6) is -0.813. The molecule has 0 heterocycles. The number of halogens is 1. The van der Waals surface area contributed by atoms with Crippen LogP contribution in [0.3, 0.4) is 0 Å². The van der Waals surface area contributed by atoms with E-state index in [1.54, 1.807) is 0 Å². The lowest BCUT2D eigenvalue weighted by atomic mass is 10.4. The summed E-state index contributed by atoms with van der Waals surface area (Å²) >= 11 is 0. The Hall–Kier alpha value is -0.200. The first kappa shape index (κ1) is 9.88. The zero-order valence-electron chi connectivity index (χ0n) is 6.53. The van der Waals surface area contributed by atoms with Gasteiger partial charge in [0, 0.05) is 12.6 Å². The molecule has 4 nitrogen and oxygen atoms in total. The van der Waals surface area contributed by atoms with Crippen LogP contribution in [-0.2, 0) is 10.1 Å². The highest BCUT2D eigenvalue weighted by atomic mass is 32.2. The van der Waals surface area contributed by atoms with Gasteiger partial charge in [-0.05, 0) is 12.8 Å². The molecule has 0 saturated heterocycles. The van der Waals surface area contributed by atoms with Gasteiger partial charge >= 0.3 is 0 Å². The van der Waals surface area contributed by atoms with Gasteiger partial charge in [0.2, 0.25) is 0 Å². The molecule has 0 unspecified atom stereocenters. The molecule has 1 aliphatic rings. The molecule has 1 fully saturated rings. The molecule has 0 aromatic heterocycles. The Morgan fingerprint density at radius 2 is 2.17 bits per heavy atom. The minimum absolute atomic E-state index is 0.00442. The highest BCUT2D eigenvalue weighted by molar-refractivity contribution is 7.85. The van der Waals surface area contributed by atoms with Gasteiger partial charge in [-0.2, -0.15) is 8.42 Å². The molecule has 0 aromatic rings. The van der Waals surface area contributed by atoms with E-state index in [0.29, 0.717) is 6.04 Å². The number of hydrogen-bond donors (Lipinski definition) is 2. The van der Waals surface area contributed by atoms with Crippen LogP contribution in [0.25, 0.3) is 0 Å². The Kier molecular flexibility index (Phi) is 3.03. The van der Waals surface area contributed by atoms with Gasteiger partial charge in [0.15, 0.2) is 0 Å². The predicted molar refractivity (Wildman–Crippen MR) is 42.3 cm³/mol. The maximum Gasteiger partial charge on any atom is 0.267 e. The van der Waals surface area contributed by atoms with Crippen LogP contribution in [-0.4, -0.2) is 37.5 Å². The molecule has 6 heteroatoms. The molecule has 0 amide bonds. The van der Waals surface area contributed by atoms with Crippen molar-refractivity contribution in [1.82, 2.24) is 5.32 Å². The fraction of sp³-hybridized carbons (Fsp3) is 1.00. The first-order chi connectivity index (χ1) is 5.47. The van der Waals surface area contributed by atoms with E-state index in [-0.39, 0.29) is 6.54 Å². The number of nitrogens with one attached hydrogen (secondary N) is 1. The first-order valence-electron chi connectivity index (χ1n) is 3.80. The van der Waals surface area contributed by atoms with Crippen LogP contribution in [0.2, 0.25) is 0 Å². The van der Waals surface area contributed by atoms with Crippen molar-refractivity contribution in [2.24, 2.45) is 0 Å². The van der Waals surface area contributed by atoms with E-state index in [2.05, 4.69) is 5.32 Å². The van der Waals surface area contributed by atoms with Gasteiger partial charge in [-0.3, -0.25) is 4.55 Å². The van der Waals surface area contributed by atoms with E-state index in [1.807, 2.05) is 0 Å². The molecule has 0 aromatic carbocycles. The zero-order valence-corrected chi connectivity index (χ0v) is 7.35. The van der Waals surface area contributed by atoms with Crippen molar-refractivity contribution in [2.75, 3.05) is 12.3 Å². The minimum atomic E-state index is -4.17. The minimum Gasteiger partial charge on any atom is -0.311 e. The van der Waals surface area contributed by atoms with Crippen LogP contribution >= 0.6 is 0 Å². The summed E-state index contributed by atoms with van der Waals surface area (Å²) in [6.07, 6.45) is 0.539. The summed E-state index contributed by atoms with van der Waals surface area (Å²) in [5.41, 5.74) is 0. The maximum atomic E-state index is 12.7. The second-order valence-corrected chi connectivity index (χ2v) is 4.53. The van der Waals surface area contributed by atoms with Crippen LogP contribution in [0.1, 0.15) is 12.8 Å². The summed E-state index contributed by atoms with van der Waals surface area (Å²) < 4.78 is 41.3. The van der Waals surface area contributed by atoms with Crippen LogP contribution < -0.4 is 5.32 Å². The van der Waals surface area contributed by atoms with Crippen molar-refractivity contribution in [3.05, 3.63) is 0 Å². The standard InChI is InChI=1S/C6H12FNO3S/c7-5(4-12(9,10)11)3-8-6-1-2-6/h5-6,8H,1-4H2,(H,9,10,11)/t5-/m0/s1. The molecule has 12 heavy (non-hydrogen) atoms. The normalized spacial score (nSPS) is 20.8. The van der Waals surface area contributed by atoms with Crippen LogP contribution in [0.5, 0.6) is 0 Å². The molecule has 0 aliphatic heterocycles. The third-order valence-electron chi connectivity index (χ3n) is 1.60. The van der Waals surface area contributed by atoms with E-state index in [4.69, 9.17) is 4.55 Å². The number of hydrogen-bond acceptors (Lipinski definition) is 3. The SMILES string of the molecule is O=S(=O)(O)C[C@@H](F)CNC1CC1. The summed E-state index contributed by atoms with van der Waals surface area (Å²) in [6, 6.07) is 0.352. The van der Waals surface area contributed by atoms with Gasteiger partial charge in [-0.15, -0.1) is 0 Å². The van der Waals surface area contributed by atoms with E-state index in [9.17, 15) is 12.8 Å². The molecule has 1 atom stereocenters. The van der Waals surface area contributed by atoms with Crippen LogP contribution in [0.15, 0.2) is 0 Å². The van der Waals surface area contributed by atoms with Gasteiger partial charge < -0.3 is 5.32 Å². The molecule has 2 N–H and O–H groups in total. The smallest absolute Gasteiger partial charge is 0.267 e. The van der Waals surface area contributed by atoms with Gasteiger partial charge in [0.1, 0.15) is 11.9 Å². The Morgan fingerprint density at radius 3 is 2.58 bits per heavy atom. The van der Waals surface area contributed by atoms with E-state index >= 15 is 0 Å². The Balaban J connectivity index is 2.14. The molecule has 1 saturated carbocycles. The molecular weight excluding hydrogens is 185 g/mol. The number of rotatable bonds is 5. The largest absolute Gasteiger partial charge is 0.311 e. The molecule has 0 bridgehead atoms. The van der Waals surface area contributed by atoms with Crippen LogP contribution in [0, 0.1) is 0 Å². The average molecular weight is 197 g/mol. The summed E-state index contributed by atoms with van der Waals surface area (Å²) in [7, 11) is -4.17. The predicted octanol–water partition coefficient (Wildman–Crippen LogP) is -0.0357. The Morgan fingerprint density at radius 1 is 1.58 bits per heavy atom. The van der Waals surface area contributed by atoms with E-state index in [0.717, 1.165) is 12.8 Å². The first-order valence-corrected chi connectivity index (χ1v) is 5.41. The van der Waals surface area contributed by atoms with E-state index < -0.39 is 22.0 Å². The Labute approximate surface area is 70.9 Å². The molecule has 72 valence electrons. The quantitative estimate of drug-likeness (QED) is 0.607. The fourth-order valence-corrected chi connectivity index (χ4v) is 1.44. The third kappa shape index (κ3) is 4.63. The Bertz CT molecular complexity index is 237. The van der Waals surface area contributed by atoms with Crippen molar-refractivity contribution in [3.8, 4) is 0 Å². The lowest BCUT2D eigenvalue weighted by Crippen LogP contribution is -2.30. The van der Waals surface area contributed by atoms with Crippen molar-refractivity contribution in [2.45, 2.75) is 25.1 Å². The highest BCUT2D eigenvalue weighted by Crippen LogP contribution is 2.18. The summed E-state index contributed by atoms with van der Waals surface area (Å²) in [4.78, 5) is 0. The second-order valence-electron chi connectivity index (χ2n) is 3.03. The molecule has 0 spiro atoms. The molecule has 1 rings (SSSR count). The summed E-state index contributed by atoms with van der Waals surface area (Å²) in [5, 5.41) is 2.83.